The molecule has 2 unspecified atom stereocenters. The first-order valence-electron chi connectivity index (χ1n) is 6.29. The van der Waals surface area contributed by atoms with Gasteiger partial charge in [0.05, 0.1) is 0 Å². The van der Waals surface area contributed by atoms with Crippen LogP contribution in [0.25, 0.3) is 0 Å². The Balaban J connectivity index is 0.00000180. The molecule has 2 heterocycles. The maximum Gasteiger partial charge on any atom is 0.260 e. The molecule has 106 valence electrons. The molecule has 1 aliphatic rings. The van der Waals surface area contributed by atoms with Crippen LogP contribution in [-0.4, -0.2) is 30.0 Å². The topological polar surface area (TPSA) is 74.0 Å². The van der Waals surface area contributed by atoms with Gasteiger partial charge in [-0.05, 0) is 37.9 Å². The van der Waals surface area contributed by atoms with Gasteiger partial charge in [-0.25, -0.2) is 0 Å². The SMILES string of the molecule is Cc1ccc(C(=O)NC2CNCCC2C)c(=O)[nH]1.Cl. The van der Waals surface area contributed by atoms with E-state index in [-0.39, 0.29) is 35.5 Å². The molecule has 6 heteroatoms. The molecule has 1 aliphatic heterocycles. The number of carbonyl (C=O) groups excluding carboxylic acids is 1. The summed E-state index contributed by atoms with van der Waals surface area (Å²) in [6.07, 6.45) is 1.04. The number of amides is 1. The molecule has 19 heavy (non-hydrogen) atoms. The molecule has 0 bridgehead atoms. The number of hydrogen-bond acceptors (Lipinski definition) is 3. The summed E-state index contributed by atoms with van der Waals surface area (Å²) in [6, 6.07) is 3.40. The standard InChI is InChI=1S/C13H19N3O2.ClH/c1-8-5-6-14-7-11(8)16-13(18)10-4-3-9(2)15-12(10)17;/h3-4,8,11,14H,5-7H2,1-2H3,(H,15,17)(H,16,18);1H. The number of rotatable bonds is 2. The Kier molecular flexibility index (Phi) is 5.57. The van der Waals surface area contributed by atoms with E-state index in [1.165, 1.54) is 0 Å². The van der Waals surface area contributed by atoms with Gasteiger partial charge in [-0.15, -0.1) is 12.4 Å². The van der Waals surface area contributed by atoms with Crippen molar-refractivity contribution in [3.05, 3.63) is 33.7 Å². The second-order valence-electron chi connectivity index (χ2n) is 4.93. The van der Waals surface area contributed by atoms with Crippen molar-refractivity contribution >= 4 is 18.3 Å². The predicted octanol–water partition coefficient (Wildman–Crippen LogP) is 0.833. The largest absolute Gasteiger partial charge is 0.348 e. The monoisotopic (exact) mass is 285 g/mol. The summed E-state index contributed by atoms with van der Waals surface area (Å²) < 4.78 is 0. The first-order chi connectivity index (χ1) is 8.58. The van der Waals surface area contributed by atoms with E-state index in [0.29, 0.717) is 5.92 Å². The molecule has 3 N–H and O–H groups in total. The highest BCUT2D eigenvalue weighted by Crippen LogP contribution is 2.11. The third-order valence-electron chi connectivity index (χ3n) is 3.44. The summed E-state index contributed by atoms with van der Waals surface area (Å²) in [5.74, 6) is 0.136. The quantitative estimate of drug-likeness (QED) is 0.754. The Hall–Kier alpha value is -1.33. The highest BCUT2D eigenvalue weighted by molar-refractivity contribution is 5.94. The first kappa shape index (κ1) is 15.7. The van der Waals surface area contributed by atoms with Crippen molar-refractivity contribution in [1.82, 2.24) is 15.6 Å². The lowest BCUT2D eigenvalue weighted by Gasteiger charge is -2.30. The van der Waals surface area contributed by atoms with Crippen LogP contribution in [0.2, 0.25) is 0 Å². The van der Waals surface area contributed by atoms with Crippen molar-refractivity contribution < 1.29 is 4.79 Å². The molecule has 1 amide bonds. The van der Waals surface area contributed by atoms with Gasteiger partial charge in [-0.3, -0.25) is 9.59 Å². The summed E-state index contributed by atoms with van der Waals surface area (Å²) in [5.41, 5.74) is 0.603. The fourth-order valence-corrected chi connectivity index (χ4v) is 2.18. The Morgan fingerprint density at radius 2 is 2.16 bits per heavy atom. The second-order valence-corrected chi connectivity index (χ2v) is 4.93. The molecule has 0 saturated carbocycles. The van der Waals surface area contributed by atoms with E-state index in [0.717, 1.165) is 25.2 Å². The minimum atomic E-state index is -0.330. The van der Waals surface area contributed by atoms with Crippen molar-refractivity contribution in [1.29, 1.82) is 0 Å². The van der Waals surface area contributed by atoms with Gasteiger partial charge < -0.3 is 15.6 Å². The van der Waals surface area contributed by atoms with E-state index in [1.54, 1.807) is 19.1 Å². The van der Waals surface area contributed by atoms with E-state index in [2.05, 4.69) is 22.5 Å². The predicted molar refractivity (Wildman–Crippen MR) is 77.0 cm³/mol. The van der Waals surface area contributed by atoms with Crippen LogP contribution < -0.4 is 16.2 Å². The lowest BCUT2D eigenvalue weighted by Crippen LogP contribution is -2.50. The van der Waals surface area contributed by atoms with E-state index in [1.807, 2.05) is 0 Å². The van der Waals surface area contributed by atoms with Gasteiger partial charge in [0, 0.05) is 18.3 Å². The molecule has 0 radical (unpaired) electrons. The molecule has 1 saturated heterocycles. The number of aryl methyl sites for hydroxylation is 1. The van der Waals surface area contributed by atoms with E-state index in [4.69, 9.17) is 0 Å². The zero-order valence-electron chi connectivity index (χ0n) is 11.2. The molecule has 1 aromatic rings. The molecule has 0 aromatic carbocycles. The average molecular weight is 286 g/mol. The molecule has 5 nitrogen and oxygen atoms in total. The van der Waals surface area contributed by atoms with Crippen molar-refractivity contribution in [2.75, 3.05) is 13.1 Å². The van der Waals surface area contributed by atoms with Gasteiger partial charge in [-0.1, -0.05) is 6.92 Å². The van der Waals surface area contributed by atoms with Crippen LogP contribution >= 0.6 is 12.4 Å². The smallest absolute Gasteiger partial charge is 0.260 e. The zero-order chi connectivity index (χ0) is 13.1. The van der Waals surface area contributed by atoms with E-state index >= 15 is 0 Å². The number of halogens is 1. The van der Waals surface area contributed by atoms with Crippen LogP contribution in [0.3, 0.4) is 0 Å². The van der Waals surface area contributed by atoms with Crippen molar-refractivity contribution in [3.8, 4) is 0 Å². The average Bonchev–Trinajstić information content (AvgIpc) is 2.32. The number of H-pyrrole nitrogens is 1. The van der Waals surface area contributed by atoms with Gasteiger partial charge in [-0.2, -0.15) is 0 Å². The first-order valence-corrected chi connectivity index (χ1v) is 6.29. The molecule has 1 aromatic heterocycles. The Morgan fingerprint density at radius 3 is 2.79 bits per heavy atom. The van der Waals surface area contributed by atoms with Crippen molar-refractivity contribution in [2.24, 2.45) is 5.92 Å². The normalized spacial score (nSPS) is 22.4. The second kappa shape index (κ2) is 6.73. The number of aromatic nitrogens is 1. The number of aromatic amines is 1. The molecular formula is C13H20ClN3O2. The summed E-state index contributed by atoms with van der Waals surface area (Å²) in [4.78, 5) is 26.3. The maximum absolute atomic E-state index is 12.0. The maximum atomic E-state index is 12.0. The Bertz CT molecular complexity index is 501. The van der Waals surface area contributed by atoms with Gasteiger partial charge in [0.2, 0.25) is 0 Å². The van der Waals surface area contributed by atoms with Crippen LogP contribution in [-0.2, 0) is 0 Å². The van der Waals surface area contributed by atoms with Crippen molar-refractivity contribution in [3.63, 3.8) is 0 Å². The number of piperidine rings is 1. The summed E-state index contributed by atoms with van der Waals surface area (Å²) >= 11 is 0. The van der Waals surface area contributed by atoms with Crippen LogP contribution in [0, 0.1) is 12.8 Å². The van der Waals surface area contributed by atoms with Gasteiger partial charge >= 0.3 is 0 Å². The lowest BCUT2D eigenvalue weighted by molar-refractivity contribution is 0.0913. The summed E-state index contributed by atoms with van der Waals surface area (Å²) in [7, 11) is 0. The minimum Gasteiger partial charge on any atom is -0.348 e. The summed E-state index contributed by atoms with van der Waals surface area (Å²) in [6.45, 7) is 5.65. The van der Waals surface area contributed by atoms with Crippen LogP contribution in [0.1, 0.15) is 29.4 Å². The number of pyridine rings is 1. The summed E-state index contributed by atoms with van der Waals surface area (Å²) in [5, 5.41) is 6.17. The molecule has 2 atom stereocenters. The third kappa shape index (κ3) is 3.81. The van der Waals surface area contributed by atoms with Crippen LogP contribution in [0.5, 0.6) is 0 Å². The number of hydrogen-bond donors (Lipinski definition) is 3. The zero-order valence-corrected chi connectivity index (χ0v) is 12.0. The Morgan fingerprint density at radius 1 is 1.42 bits per heavy atom. The van der Waals surface area contributed by atoms with Crippen LogP contribution in [0.15, 0.2) is 16.9 Å². The number of carbonyl (C=O) groups is 1. The fourth-order valence-electron chi connectivity index (χ4n) is 2.18. The number of nitrogens with one attached hydrogen (secondary N) is 3. The minimum absolute atomic E-state index is 0. The molecule has 1 fully saturated rings. The molecule has 0 aliphatic carbocycles. The molecule has 2 rings (SSSR count). The van der Waals surface area contributed by atoms with E-state index < -0.39 is 0 Å². The van der Waals surface area contributed by atoms with Crippen molar-refractivity contribution in [2.45, 2.75) is 26.3 Å². The van der Waals surface area contributed by atoms with Gasteiger partial charge in [0.15, 0.2) is 0 Å². The third-order valence-corrected chi connectivity index (χ3v) is 3.44. The van der Waals surface area contributed by atoms with Gasteiger partial charge in [0.25, 0.3) is 11.5 Å². The van der Waals surface area contributed by atoms with Crippen LogP contribution in [0.4, 0.5) is 0 Å². The van der Waals surface area contributed by atoms with Gasteiger partial charge in [0.1, 0.15) is 5.56 Å². The fraction of sp³-hybridized carbons (Fsp3) is 0.538. The molecule has 0 spiro atoms. The highest BCUT2D eigenvalue weighted by atomic mass is 35.5. The lowest BCUT2D eigenvalue weighted by atomic mass is 9.94. The molecular weight excluding hydrogens is 266 g/mol. The van der Waals surface area contributed by atoms with E-state index in [9.17, 15) is 9.59 Å². The Labute approximate surface area is 118 Å². The highest BCUT2D eigenvalue weighted by Gasteiger charge is 2.23.